The molecule has 0 unspecified atom stereocenters. The van der Waals surface area contributed by atoms with E-state index in [-0.39, 0.29) is 11.3 Å². The minimum absolute atomic E-state index is 0.155. The lowest BCUT2D eigenvalue weighted by Crippen LogP contribution is -2.00. The molecule has 4 nitrogen and oxygen atoms in total. The summed E-state index contributed by atoms with van der Waals surface area (Å²) in [5.41, 5.74) is 1.64. The highest BCUT2D eigenvalue weighted by Crippen LogP contribution is 2.19. The van der Waals surface area contributed by atoms with Crippen LogP contribution in [0.5, 0.6) is 5.75 Å². The first-order chi connectivity index (χ1) is 7.59. The number of phenols is 1. The number of aromatic nitrogens is 1. The Morgan fingerprint density at radius 1 is 1.31 bits per heavy atom. The molecule has 0 saturated heterocycles. The quantitative estimate of drug-likeness (QED) is 0.810. The molecule has 0 atom stereocenters. The smallest absolute Gasteiger partial charge is 0.337 e. The van der Waals surface area contributed by atoms with Crippen molar-refractivity contribution >= 4 is 5.97 Å². The van der Waals surface area contributed by atoms with Gasteiger partial charge >= 0.3 is 5.97 Å². The van der Waals surface area contributed by atoms with Gasteiger partial charge in [0, 0.05) is 23.6 Å². The maximum absolute atomic E-state index is 10.9. The fraction of sp³-hybridized carbons (Fsp3) is 0.0833. The Bertz CT molecular complexity index is 543. The highest BCUT2D eigenvalue weighted by atomic mass is 16.4. The average Bonchev–Trinajstić information content (AvgIpc) is 2.60. The molecule has 0 aliphatic rings. The first kappa shape index (κ1) is 10.3. The summed E-state index contributed by atoms with van der Waals surface area (Å²) in [6.07, 6.45) is 1.67. The summed E-state index contributed by atoms with van der Waals surface area (Å²) >= 11 is 0. The minimum Gasteiger partial charge on any atom is -0.508 e. The van der Waals surface area contributed by atoms with Gasteiger partial charge in [-0.3, -0.25) is 0 Å². The second-order valence-electron chi connectivity index (χ2n) is 3.51. The second-order valence-corrected chi connectivity index (χ2v) is 3.51. The number of carbonyl (C=O) groups is 1. The van der Waals surface area contributed by atoms with Crippen LogP contribution >= 0.6 is 0 Å². The van der Waals surface area contributed by atoms with Crippen LogP contribution in [0, 0.1) is 6.92 Å². The number of phenolic OH excluding ortho intramolecular Hbond substituents is 1. The molecule has 1 heterocycles. The van der Waals surface area contributed by atoms with Crippen molar-refractivity contribution in [1.29, 1.82) is 0 Å². The van der Waals surface area contributed by atoms with Crippen LogP contribution in [0.4, 0.5) is 0 Å². The maximum atomic E-state index is 10.9. The number of aromatic hydroxyl groups is 1. The normalized spacial score (nSPS) is 10.3. The zero-order valence-corrected chi connectivity index (χ0v) is 8.71. The molecule has 2 rings (SSSR count). The molecule has 0 bridgehead atoms. The predicted octanol–water partition coefficient (Wildman–Crippen LogP) is 2.19. The zero-order valence-electron chi connectivity index (χ0n) is 8.71. The Kier molecular flexibility index (Phi) is 2.40. The Morgan fingerprint density at radius 2 is 2.06 bits per heavy atom. The van der Waals surface area contributed by atoms with Crippen LogP contribution < -0.4 is 0 Å². The van der Waals surface area contributed by atoms with Crippen molar-refractivity contribution < 1.29 is 15.0 Å². The van der Waals surface area contributed by atoms with Crippen molar-refractivity contribution in [2.45, 2.75) is 6.92 Å². The standard InChI is InChI=1S/C12H11NO3/c1-8-11(12(15)16)5-6-13(8)9-3-2-4-10(14)7-9/h2-7,14H,1H3,(H,15,16). The minimum atomic E-state index is -0.948. The molecule has 1 aromatic heterocycles. The average molecular weight is 217 g/mol. The first-order valence-corrected chi connectivity index (χ1v) is 4.80. The van der Waals surface area contributed by atoms with E-state index < -0.39 is 5.97 Å². The van der Waals surface area contributed by atoms with Crippen molar-refractivity contribution in [3.8, 4) is 11.4 Å². The maximum Gasteiger partial charge on any atom is 0.337 e. The molecule has 16 heavy (non-hydrogen) atoms. The molecule has 0 aliphatic carbocycles. The number of rotatable bonds is 2. The molecule has 0 aliphatic heterocycles. The van der Waals surface area contributed by atoms with Gasteiger partial charge in [0.25, 0.3) is 0 Å². The molecule has 0 fully saturated rings. The monoisotopic (exact) mass is 217 g/mol. The van der Waals surface area contributed by atoms with E-state index >= 15 is 0 Å². The summed E-state index contributed by atoms with van der Waals surface area (Å²) in [6, 6.07) is 8.21. The van der Waals surface area contributed by atoms with Gasteiger partial charge in [0.2, 0.25) is 0 Å². The van der Waals surface area contributed by atoms with E-state index in [0.717, 1.165) is 5.69 Å². The molecule has 82 valence electrons. The molecule has 0 amide bonds. The molecule has 4 heteroatoms. The summed E-state index contributed by atoms with van der Waals surface area (Å²) in [5.74, 6) is -0.793. The number of aromatic carboxylic acids is 1. The van der Waals surface area contributed by atoms with Crippen LogP contribution in [0.3, 0.4) is 0 Å². The number of hydrogen-bond acceptors (Lipinski definition) is 2. The topological polar surface area (TPSA) is 62.5 Å². The lowest BCUT2D eigenvalue weighted by atomic mass is 10.2. The van der Waals surface area contributed by atoms with E-state index in [4.69, 9.17) is 5.11 Å². The van der Waals surface area contributed by atoms with Crippen LogP contribution in [0.25, 0.3) is 5.69 Å². The lowest BCUT2D eigenvalue weighted by molar-refractivity contribution is 0.0696. The van der Waals surface area contributed by atoms with Gasteiger partial charge in [-0.1, -0.05) is 6.07 Å². The third-order valence-electron chi connectivity index (χ3n) is 2.48. The van der Waals surface area contributed by atoms with Gasteiger partial charge < -0.3 is 14.8 Å². The molecular formula is C12H11NO3. The number of benzene rings is 1. The van der Waals surface area contributed by atoms with Crippen LogP contribution in [-0.4, -0.2) is 20.7 Å². The van der Waals surface area contributed by atoms with Gasteiger partial charge in [-0.15, -0.1) is 0 Å². The lowest BCUT2D eigenvalue weighted by Gasteiger charge is -2.06. The predicted molar refractivity (Wildman–Crippen MR) is 59.1 cm³/mol. The Morgan fingerprint density at radius 3 is 2.62 bits per heavy atom. The van der Waals surface area contributed by atoms with Crippen LogP contribution in [-0.2, 0) is 0 Å². The van der Waals surface area contributed by atoms with Gasteiger partial charge in [-0.2, -0.15) is 0 Å². The van der Waals surface area contributed by atoms with Gasteiger partial charge in [0.15, 0.2) is 0 Å². The molecule has 2 aromatic rings. The van der Waals surface area contributed by atoms with Crippen molar-refractivity contribution in [2.24, 2.45) is 0 Å². The number of carboxylic acids is 1. The van der Waals surface area contributed by atoms with Crippen molar-refractivity contribution in [2.75, 3.05) is 0 Å². The molecule has 0 spiro atoms. The van der Waals surface area contributed by atoms with E-state index in [9.17, 15) is 9.90 Å². The van der Waals surface area contributed by atoms with E-state index in [0.29, 0.717) is 5.69 Å². The van der Waals surface area contributed by atoms with Crippen LogP contribution in [0.15, 0.2) is 36.5 Å². The van der Waals surface area contributed by atoms with E-state index in [1.807, 2.05) is 0 Å². The van der Waals surface area contributed by atoms with Gasteiger partial charge in [-0.05, 0) is 25.1 Å². The van der Waals surface area contributed by atoms with Gasteiger partial charge in [0.1, 0.15) is 5.75 Å². The van der Waals surface area contributed by atoms with Gasteiger partial charge in [0.05, 0.1) is 5.56 Å². The van der Waals surface area contributed by atoms with E-state index in [1.54, 1.807) is 48.0 Å². The van der Waals surface area contributed by atoms with Crippen molar-refractivity contribution in [3.63, 3.8) is 0 Å². The first-order valence-electron chi connectivity index (χ1n) is 4.80. The molecule has 0 radical (unpaired) electrons. The van der Waals surface area contributed by atoms with Crippen LogP contribution in [0.1, 0.15) is 16.1 Å². The number of nitrogens with zero attached hydrogens (tertiary/aromatic N) is 1. The largest absolute Gasteiger partial charge is 0.508 e. The summed E-state index contributed by atoms with van der Waals surface area (Å²) in [4.78, 5) is 10.9. The fourth-order valence-electron chi connectivity index (χ4n) is 1.66. The van der Waals surface area contributed by atoms with Crippen molar-refractivity contribution in [3.05, 3.63) is 47.8 Å². The highest BCUT2D eigenvalue weighted by molar-refractivity contribution is 5.89. The second kappa shape index (κ2) is 3.73. The third-order valence-corrected chi connectivity index (χ3v) is 2.48. The van der Waals surface area contributed by atoms with E-state index in [1.165, 1.54) is 0 Å². The van der Waals surface area contributed by atoms with Crippen molar-refractivity contribution in [1.82, 2.24) is 4.57 Å². The molecule has 0 saturated carbocycles. The zero-order chi connectivity index (χ0) is 11.7. The number of carboxylic acid groups (broad SMARTS) is 1. The molecular weight excluding hydrogens is 206 g/mol. The fourth-order valence-corrected chi connectivity index (χ4v) is 1.66. The summed E-state index contributed by atoms with van der Waals surface area (Å²) in [7, 11) is 0. The molecule has 2 N–H and O–H groups in total. The SMILES string of the molecule is Cc1c(C(=O)O)ccn1-c1cccc(O)c1. The Balaban J connectivity index is 2.53. The van der Waals surface area contributed by atoms with Gasteiger partial charge in [-0.25, -0.2) is 4.79 Å². The number of hydrogen-bond donors (Lipinski definition) is 2. The Labute approximate surface area is 92.4 Å². The van der Waals surface area contributed by atoms with Crippen LogP contribution in [0.2, 0.25) is 0 Å². The third kappa shape index (κ3) is 1.65. The highest BCUT2D eigenvalue weighted by Gasteiger charge is 2.11. The summed E-state index contributed by atoms with van der Waals surface area (Å²) in [5, 5.41) is 18.3. The van der Waals surface area contributed by atoms with E-state index in [2.05, 4.69) is 0 Å². The molecule has 1 aromatic carbocycles. The summed E-state index contributed by atoms with van der Waals surface area (Å²) in [6.45, 7) is 1.73. The summed E-state index contributed by atoms with van der Waals surface area (Å²) < 4.78 is 1.73. The Hall–Kier alpha value is -2.23.